The van der Waals surface area contributed by atoms with E-state index in [0.29, 0.717) is 22.7 Å². The van der Waals surface area contributed by atoms with Gasteiger partial charge in [0.1, 0.15) is 4.60 Å². The number of aromatic nitrogens is 5. The summed E-state index contributed by atoms with van der Waals surface area (Å²) in [7, 11) is 1.69. The smallest absolute Gasteiger partial charge is 0.225 e. The number of anilines is 1. The van der Waals surface area contributed by atoms with E-state index in [-0.39, 0.29) is 17.4 Å². The first-order valence-corrected chi connectivity index (χ1v) is 12.7. The fourth-order valence-electron chi connectivity index (χ4n) is 5.00. The van der Waals surface area contributed by atoms with Crippen LogP contribution < -0.4 is 16.4 Å². The zero-order valence-electron chi connectivity index (χ0n) is 19.9. The van der Waals surface area contributed by atoms with Crippen LogP contribution in [-0.4, -0.2) is 50.3 Å². The molecule has 0 spiro atoms. The first-order valence-electron chi connectivity index (χ1n) is 11.9. The summed E-state index contributed by atoms with van der Waals surface area (Å²) in [6, 6.07) is 8.42. The number of para-hydroxylation sites is 1. The van der Waals surface area contributed by atoms with Gasteiger partial charge in [-0.15, -0.1) is 0 Å². The lowest BCUT2D eigenvalue weighted by molar-refractivity contribution is -0.129. The van der Waals surface area contributed by atoms with Crippen LogP contribution in [0.5, 0.6) is 0 Å². The molecule has 5 rings (SSSR count). The second-order valence-electron chi connectivity index (χ2n) is 9.43. The summed E-state index contributed by atoms with van der Waals surface area (Å²) in [4.78, 5) is 26.3. The van der Waals surface area contributed by atoms with Crippen LogP contribution in [-0.2, 0) is 11.2 Å². The highest BCUT2D eigenvalue weighted by Gasteiger charge is 2.40. The topological polar surface area (TPSA) is 124 Å². The molecule has 1 aliphatic carbocycles. The Hall–Kier alpha value is -3.11. The van der Waals surface area contributed by atoms with E-state index < -0.39 is 0 Å². The first-order chi connectivity index (χ1) is 16.9. The molecule has 4 N–H and O–H groups in total. The van der Waals surface area contributed by atoms with Crippen molar-refractivity contribution < 1.29 is 4.79 Å². The number of nitrogens with zero attached hydrogens (tertiary/aromatic N) is 5. The van der Waals surface area contributed by atoms with Gasteiger partial charge in [0.05, 0.1) is 22.8 Å². The number of pyridine rings is 1. The van der Waals surface area contributed by atoms with Gasteiger partial charge in [0.25, 0.3) is 0 Å². The molecule has 35 heavy (non-hydrogen) atoms. The number of hydrogen-bond acceptors (Lipinski definition) is 7. The Morgan fingerprint density at radius 1 is 1.31 bits per heavy atom. The molecule has 3 aromatic heterocycles. The number of nitrogens with two attached hydrogens (primary N) is 1. The molecule has 4 aromatic rings. The molecule has 1 amide bonds. The van der Waals surface area contributed by atoms with Gasteiger partial charge in [0, 0.05) is 30.1 Å². The Kier molecular flexibility index (Phi) is 6.41. The minimum atomic E-state index is -0.374. The van der Waals surface area contributed by atoms with Crippen LogP contribution >= 0.6 is 15.9 Å². The Bertz CT molecular complexity index is 1400. The van der Waals surface area contributed by atoms with E-state index in [4.69, 9.17) is 15.7 Å². The Morgan fingerprint density at radius 2 is 2.17 bits per heavy atom. The minimum absolute atomic E-state index is 0.0789. The van der Waals surface area contributed by atoms with Crippen molar-refractivity contribution in [2.45, 2.75) is 45.1 Å². The van der Waals surface area contributed by atoms with E-state index in [1.807, 2.05) is 13.1 Å². The fraction of sp³-hybridized carbons (Fsp3) is 0.400. The molecule has 1 aliphatic rings. The van der Waals surface area contributed by atoms with Gasteiger partial charge >= 0.3 is 0 Å². The van der Waals surface area contributed by atoms with E-state index in [0.717, 1.165) is 54.1 Å². The summed E-state index contributed by atoms with van der Waals surface area (Å²) in [5.74, 6) is 0.602. The first kappa shape index (κ1) is 23.6. The maximum Gasteiger partial charge on any atom is 0.225 e. The normalized spacial score (nSPS) is 19.9. The molecule has 1 saturated carbocycles. The van der Waals surface area contributed by atoms with Crippen LogP contribution in [0.4, 0.5) is 5.95 Å². The Balaban J connectivity index is 1.46. The monoisotopic (exact) mass is 536 g/mol. The van der Waals surface area contributed by atoms with Crippen molar-refractivity contribution in [2.24, 2.45) is 11.1 Å². The zero-order valence-corrected chi connectivity index (χ0v) is 21.5. The van der Waals surface area contributed by atoms with Crippen molar-refractivity contribution >= 4 is 49.7 Å². The summed E-state index contributed by atoms with van der Waals surface area (Å²) < 4.78 is 2.46. The lowest BCUT2D eigenvalue weighted by Crippen LogP contribution is -2.35. The number of halogens is 1. The predicted molar refractivity (Wildman–Crippen MR) is 140 cm³/mol. The molecule has 0 radical (unpaired) electrons. The predicted octanol–water partition coefficient (Wildman–Crippen LogP) is 3.73. The molecule has 0 bridgehead atoms. The zero-order chi connectivity index (χ0) is 24.6. The maximum atomic E-state index is 12.3. The molecule has 9 nitrogen and oxygen atoms in total. The maximum absolute atomic E-state index is 12.3. The average molecular weight is 537 g/mol. The molecule has 1 fully saturated rings. The molecule has 0 aliphatic heterocycles. The summed E-state index contributed by atoms with van der Waals surface area (Å²) in [5.41, 5.74) is 9.01. The number of carbonyl (C=O) groups is 1. The van der Waals surface area contributed by atoms with Crippen molar-refractivity contribution in [2.75, 3.05) is 18.9 Å². The van der Waals surface area contributed by atoms with E-state index >= 15 is 0 Å². The second-order valence-corrected chi connectivity index (χ2v) is 10.2. The quantitative estimate of drug-likeness (QED) is 0.328. The largest absolute Gasteiger partial charge is 0.359 e. The van der Waals surface area contributed by atoms with Crippen molar-refractivity contribution in [3.05, 3.63) is 46.8 Å². The SMILES string of the molecule is CNC(=O)[C@]1(C)CC[C@@H](Nc2ncc3c(Br)nn(-c4cnc5c(CCCN)cccc5c4)c3n2)C1. The third-order valence-corrected chi connectivity index (χ3v) is 7.49. The Morgan fingerprint density at radius 3 is 2.97 bits per heavy atom. The van der Waals surface area contributed by atoms with Gasteiger partial charge in [-0.2, -0.15) is 10.1 Å². The molecule has 10 heteroatoms. The highest BCUT2D eigenvalue weighted by Crippen LogP contribution is 2.39. The standard InChI is InChI=1S/C25H29BrN8O/c1-25(23(35)28-2)9-8-17(12-25)31-24-30-14-19-21(26)33-34(22(19)32-24)18-11-16-6-3-5-15(7-4-10-27)20(16)29-13-18/h3,5-6,11,13-14,17H,4,7-10,12,27H2,1-2H3,(H,28,35)(H,30,31,32)/t17-,25-/m1/s1. The molecule has 0 unspecified atom stereocenters. The van der Waals surface area contributed by atoms with Crippen molar-refractivity contribution in [1.29, 1.82) is 0 Å². The number of carbonyl (C=O) groups excluding carboxylic acids is 1. The molecular weight excluding hydrogens is 508 g/mol. The van der Waals surface area contributed by atoms with Crippen LogP contribution in [0, 0.1) is 5.41 Å². The molecule has 3 heterocycles. The molecule has 182 valence electrons. The van der Waals surface area contributed by atoms with E-state index in [9.17, 15) is 4.79 Å². The van der Waals surface area contributed by atoms with E-state index in [2.05, 4.69) is 60.9 Å². The number of amides is 1. The highest BCUT2D eigenvalue weighted by molar-refractivity contribution is 9.10. The van der Waals surface area contributed by atoms with Crippen LogP contribution in [0.3, 0.4) is 0 Å². The van der Waals surface area contributed by atoms with Crippen molar-refractivity contribution in [3.8, 4) is 5.69 Å². The summed E-state index contributed by atoms with van der Waals surface area (Å²) in [6.07, 6.45) is 7.87. The van der Waals surface area contributed by atoms with Crippen LogP contribution in [0.25, 0.3) is 27.6 Å². The van der Waals surface area contributed by atoms with Crippen LogP contribution in [0.1, 0.15) is 38.2 Å². The van der Waals surface area contributed by atoms with Gasteiger partial charge < -0.3 is 16.4 Å². The van der Waals surface area contributed by atoms with Gasteiger partial charge in [0.15, 0.2) is 5.65 Å². The fourth-order valence-corrected chi connectivity index (χ4v) is 5.43. The highest BCUT2D eigenvalue weighted by atomic mass is 79.9. The van der Waals surface area contributed by atoms with Gasteiger partial charge in [0.2, 0.25) is 11.9 Å². The number of nitrogens with one attached hydrogen (secondary N) is 2. The van der Waals surface area contributed by atoms with E-state index in [1.165, 1.54) is 5.56 Å². The Labute approximate surface area is 212 Å². The lowest BCUT2D eigenvalue weighted by atomic mass is 9.87. The number of hydrogen-bond donors (Lipinski definition) is 3. The number of rotatable bonds is 7. The molecule has 2 atom stereocenters. The van der Waals surface area contributed by atoms with Crippen LogP contribution in [0.15, 0.2) is 41.3 Å². The van der Waals surface area contributed by atoms with Gasteiger partial charge in [-0.3, -0.25) is 9.78 Å². The number of aryl methyl sites for hydroxylation is 1. The number of benzene rings is 1. The van der Waals surface area contributed by atoms with Gasteiger partial charge in [-0.1, -0.05) is 25.1 Å². The molecular formula is C25H29BrN8O. The number of fused-ring (bicyclic) bond motifs is 2. The third kappa shape index (κ3) is 4.48. The summed E-state index contributed by atoms with van der Waals surface area (Å²) >= 11 is 3.55. The van der Waals surface area contributed by atoms with Crippen molar-refractivity contribution in [1.82, 2.24) is 30.0 Å². The van der Waals surface area contributed by atoms with Gasteiger partial charge in [-0.05, 0) is 66.2 Å². The summed E-state index contributed by atoms with van der Waals surface area (Å²) in [6.45, 7) is 2.67. The van der Waals surface area contributed by atoms with E-state index in [1.54, 1.807) is 17.9 Å². The average Bonchev–Trinajstić information content (AvgIpc) is 3.41. The third-order valence-electron chi connectivity index (χ3n) is 6.90. The molecule has 0 saturated heterocycles. The lowest BCUT2D eigenvalue weighted by Gasteiger charge is -2.22. The minimum Gasteiger partial charge on any atom is -0.359 e. The second kappa shape index (κ2) is 9.50. The summed E-state index contributed by atoms with van der Waals surface area (Å²) in [5, 5.41) is 12.7. The molecule has 1 aromatic carbocycles. The van der Waals surface area contributed by atoms with Gasteiger partial charge in [-0.25, -0.2) is 9.67 Å². The van der Waals surface area contributed by atoms with Crippen molar-refractivity contribution in [3.63, 3.8) is 0 Å². The van der Waals surface area contributed by atoms with Crippen LogP contribution in [0.2, 0.25) is 0 Å².